The van der Waals surface area contributed by atoms with Crippen molar-refractivity contribution in [2.75, 3.05) is 13.6 Å². The summed E-state index contributed by atoms with van der Waals surface area (Å²) in [4.78, 5) is 8.59. The summed E-state index contributed by atoms with van der Waals surface area (Å²) in [5, 5.41) is 11.3. The van der Waals surface area contributed by atoms with Gasteiger partial charge in [0.05, 0.1) is 6.04 Å². The van der Waals surface area contributed by atoms with Gasteiger partial charge in [0.1, 0.15) is 0 Å². The zero-order valence-corrected chi connectivity index (χ0v) is 15.3. The molecule has 0 bridgehead atoms. The number of hydrogen-bond donors (Lipinski definition) is 2. The number of benzene rings is 1. The van der Waals surface area contributed by atoms with Gasteiger partial charge in [0, 0.05) is 31.0 Å². The number of hydrogen-bond acceptors (Lipinski definition) is 4. The van der Waals surface area contributed by atoms with Crippen molar-refractivity contribution in [2.24, 2.45) is 4.99 Å². The van der Waals surface area contributed by atoms with Crippen LogP contribution in [-0.4, -0.2) is 29.7 Å². The largest absolute Gasteiger partial charge is 0.356 e. The van der Waals surface area contributed by atoms with E-state index in [2.05, 4.69) is 32.7 Å². The summed E-state index contributed by atoms with van der Waals surface area (Å²) < 4.78 is 5.23. The van der Waals surface area contributed by atoms with Crippen molar-refractivity contribution in [3.63, 3.8) is 0 Å². The van der Waals surface area contributed by atoms with Crippen LogP contribution >= 0.6 is 11.6 Å². The predicted molar refractivity (Wildman–Crippen MR) is 96.5 cm³/mol. The molecule has 0 saturated heterocycles. The van der Waals surface area contributed by atoms with Gasteiger partial charge >= 0.3 is 0 Å². The second-order valence-electron chi connectivity index (χ2n) is 5.87. The van der Waals surface area contributed by atoms with Crippen molar-refractivity contribution >= 4 is 17.6 Å². The lowest BCUT2D eigenvalue weighted by atomic mass is 10.1. The van der Waals surface area contributed by atoms with E-state index < -0.39 is 0 Å². The van der Waals surface area contributed by atoms with Crippen LogP contribution in [0.2, 0.25) is 5.02 Å². The number of nitrogens with zero attached hydrogens (tertiary/aromatic N) is 3. The molecular weight excluding hydrogens is 326 g/mol. The van der Waals surface area contributed by atoms with Gasteiger partial charge in [0.2, 0.25) is 5.89 Å². The first-order valence-electron chi connectivity index (χ1n) is 8.04. The molecule has 2 N–H and O–H groups in total. The van der Waals surface area contributed by atoms with Crippen LogP contribution in [0.3, 0.4) is 0 Å². The first-order chi connectivity index (χ1) is 11.5. The van der Waals surface area contributed by atoms with E-state index in [-0.39, 0.29) is 12.0 Å². The maximum atomic E-state index is 6.04. The molecule has 0 aliphatic carbocycles. The molecule has 1 heterocycles. The Bertz CT molecular complexity index is 683. The Balaban J connectivity index is 1.83. The fourth-order valence-electron chi connectivity index (χ4n) is 2.15. The Kier molecular flexibility index (Phi) is 6.61. The number of aliphatic imine (C=N–C) groups is 1. The van der Waals surface area contributed by atoms with Crippen LogP contribution in [-0.2, 0) is 6.42 Å². The molecule has 0 aliphatic heterocycles. The maximum absolute atomic E-state index is 6.04. The molecule has 2 rings (SSSR count). The van der Waals surface area contributed by atoms with Gasteiger partial charge in [0.15, 0.2) is 11.8 Å². The summed E-state index contributed by atoms with van der Waals surface area (Å²) >= 11 is 6.04. The summed E-state index contributed by atoms with van der Waals surface area (Å²) in [6.07, 6.45) is 0.645. The minimum atomic E-state index is 0.0887. The third-order valence-corrected chi connectivity index (χ3v) is 3.79. The second kappa shape index (κ2) is 8.68. The highest BCUT2D eigenvalue weighted by molar-refractivity contribution is 6.30. The molecule has 0 aliphatic rings. The van der Waals surface area contributed by atoms with Gasteiger partial charge in [-0.05, 0) is 24.6 Å². The molecule has 6 nitrogen and oxygen atoms in total. The van der Waals surface area contributed by atoms with Gasteiger partial charge in [-0.3, -0.25) is 4.99 Å². The molecule has 0 radical (unpaired) electrons. The van der Waals surface area contributed by atoms with E-state index in [0.717, 1.165) is 16.4 Å². The molecular formula is C17H24ClN5O. The molecule has 1 atom stereocenters. The molecule has 1 unspecified atom stereocenters. The summed E-state index contributed by atoms with van der Waals surface area (Å²) in [6, 6.07) is 7.86. The maximum Gasteiger partial charge on any atom is 0.228 e. The highest BCUT2D eigenvalue weighted by atomic mass is 35.5. The van der Waals surface area contributed by atoms with Gasteiger partial charge in [-0.15, -0.1) is 0 Å². The molecule has 2 aromatic rings. The minimum Gasteiger partial charge on any atom is -0.356 e. The molecule has 0 fully saturated rings. The topological polar surface area (TPSA) is 75.3 Å². The molecule has 0 spiro atoms. The molecule has 7 heteroatoms. The van der Waals surface area contributed by atoms with Crippen molar-refractivity contribution in [3.8, 4) is 0 Å². The van der Waals surface area contributed by atoms with Crippen LogP contribution in [0.1, 0.15) is 50.0 Å². The van der Waals surface area contributed by atoms with Gasteiger partial charge < -0.3 is 15.2 Å². The lowest BCUT2D eigenvalue weighted by Gasteiger charge is -2.18. The lowest BCUT2D eigenvalue weighted by Crippen LogP contribution is -2.39. The van der Waals surface area contributed by atoms with Gasteiger partial charge in [-0.1, -0.05) is 42.7 Å². The fraction of sp³-hybridized carbons (Fsp3) is 0.471. The smallest absolute Gasteiger partial charge is 0.228 e. The standard InChI is InChI=1S/C17H24ClN5O/c1-11(2)16-22-15(24-23-16)8-9-20-17(19-4)21-12(3)13-6-5-7-14(18)10-13/h5-7,10-12H,8-9H2,1-4H3,(H2,19,20,21). The average Bonchev–Trinajstić information content (AvgIpc) is 3.03. The van der Waals surface area contributed by atoms with Crippen molar-refractivity contribution in [1.82, 2.24) is 20.8 Å². The van der Waals surface area contributed by atoms with Gasteiger partial charge in [-0.25, -0.2) is 0 Å². The highest BCUT2D eigenvalue weighted by Gasteiger charge is 2.11. The normalized spacial score (nSPS) is 13.2. The summed E-state index contributed by atoms with van der Waals surface area (Å²) in [6.45, 7) is 6.79. The van der Waals surface area contributed by atoms with Gasteiger partial charge in [-0.2, -0.15) is 4.98 Å². The van der Waals surface area contributed by atoms with Gasteiger partial charge in [0.25, 0.3) is 0 Å². The second-order valence-corrected chi connectivity index (χ2v) is 6.31. The van der Waals surface area contributed by atoms with Crippen LogP contribution in [0.4, 0.5) is 0 Å². The Morgan fingerprint density at radius 1 is 1.33 bits per heavy atom. The number of nitrogens with one attached hydrogen (secondary N) is 2. The zero-order valence-electron chi connectivity index (χ0n) is 14.5. The fourth-order valence-corrected chi connectivity index (χ4v) is 2.35. The lowest BCUT2D eigenvalue weighted by molar-refractivity contribution is 0.371. The molecule has 130 valence electrons. The molecule has 0 saturated carbocycles. The number of rotatable bonds is 6. The molecule has 1 aromatic heterocycles. The third-order valence-electron chi connectivity index (χ3n) is 3.56. The van der Waals surface area contributed by atoms with Crippen molar-refractivity contribution in [2.45, 2.75) is 39.2 Å². The Morgan fingerprint density at radius 3 is 2.75 bits per heavy atom. The van der Waals surface area contributed by atoms with E-state index in [1.807, 2.05) is 38.1 Å². The van der Waals surface area contributed by atoms with Crippen LogP contribution in [0, 0.1) is 0 Å². The van der Waals surface area contributed by atoms with E-state index >= 15 is 0 Å². The minimum absolute atomic E-state index is 0.0887. The van der Waals surface area contributed by atoms with Crippen LogP contribution in [0.25, 0.3) is 0 Å². The van der Waals surface area contributed by atoms with E-state index in [1.54, 1.807) is 7.05 Å². The van der Waals surface area contributed by atoms with Crippen LogP contribution in [0.15, 0.2) is 33.8 Å². The van der Waals surface area contributed by atoms with Crippen LogP contribution in [0.5, 0.6) is 0 Å². The number of guanidine groups is 1. The summed E-state index contributed by atoms with van der Waals surface area (Å²) in [5.41, 5.74) is 1.10. The van der Waals surface area contributed by atoms with E-state index in [0.29, 0.717) is 24.8 Å². The van der Waals surface area contributed by atoms with Crippen molar-refractivity contribution < 1.29 is 4.52 Å². The SMILES string of the molecule is CN=C(NCCc1nc(C(C)C)no1)NC(C)c1cccc(Cl)c1. The molecule has 24 heavy (non-hydrogen) atoms. The Hall–Kier alpha value is -2.08. The Labute approximate surface area is 147 Å². The number of halogens is 1. The third kappa shape index (κ3) is 5.23. The highest BCUT2D eigenvalue weighted by Crippen LogP contribution is 2.17. The predicted octanol–water partition coefficient (Wildman–Crippen LogP) is 3.32. The molecule has 0 amide bonds. The number of aromatic nitrogens is 2. The van der Waals surface area contributed by atoms with E-state index in [1.165, 1.54) is 0 Å². The van der Waals surface area contributed by atoms with Crippen LogP contribution < -0.4 is 10.6 Å². The van der Waals surface area contributed by atoms with Crippen molar-refractivity contribution in [3.05, 3.63) is 46.6 Å². The Morgan fingerprint density at radius 2 is 2.12 bits per heavy atom. The van der Waals surface area contributed by atoms with E-state index in [4.69, 9.17) is 16.1 Å². The molecule has 1 aromatic carbocycles. The first-order valence-corrected chi connectivity index (χ1v) is 8.42. The summed E-state index contributed by atoms with van der Waals surface area (Å²) in [5.74, 6) is 2.35. The monoisotopic (exact) mass is 349 g/mol. The quantitative estimate of drug-likeness (QED) is 0.618. The first kappa shape index (κ1) is 18.3. The average molecular weight is 350 g/mol. The summed E-state index contributed by atoms with van der Waals surface area (Å²) in [7, 11) is 1.74. The zero-order chi connectivity index (χ0) is 17.5. The van der Waals surface area contributed by atoms with Crippen molar-refractivity contribution in [1.29, 1.82) is 0 Å². The van der Waals surface area contributed by atoms with E-state index in [9.17, 15) is 0 Å².